The van der Waals surface area contributed by atoms with E-state index in [1.54, 1.807) is 12.1 Å². The number of nitrogens with one attached hydrogen (secondary N) is 2. The summed E-state index contributed by atoms with van der Waals surface area (Å²) >= 11 is 12.6. The third kappa shape index (κ3) is 3.68. The fourth-order valence-corrected chi connectivity index (χ4v) is 3.92. The van der Waals surface area contributed by atoms with E-state index in [0.29, 0.717) is 16.7 Å². The molecule has 0 saturated carbocycles. The summed E-state index contributed by atoms with van der Waals surface area (Å²) < 4.78 is 37.2. The molecule has 140 valence electrons. The van der Waals surface area contributed by atoms with Crippen LogP contribution in [0.15, 0.2) is 40.2 Å². The Kier molecular flexibility index (Phi) is 5.62. The second-order valence-electron chi connectivity index (χ2n) is 5.53. The molecule has 0 aromatic heterocycles. The molecule has 1 aliphatic rings. The van der Waals surface area contributed by atoms with Crippen molar-refractivity contribution in [2.75, 3.05) is 6.26 Å². The summed E-state index contributed by atoms with van der Waals surface area (Å²) in [5, 5.41) is 0.450. The van der Waals surface area contributed by atoms with Crippen molar-refractivity contribution in [3.8, 4) is 11.1 Å². The quantitative estimate of drug-likeness (QED) is 0.604. The van der Waals surface area contributed by atoms with Gasteiger partial charge in [0.1, 0.15) is 17.1 Å². The Labute approximate surface area is 159 Å². The molecular weight excluding hydrogens is 404 g/mol. The standard InChI is InChI=1S/C15H13Cl2FN4O2S.H3N/c1-25(23,24)13-3-2-8(4-12(13)18)14-10(16)5-9(6-11(14)17)15(19)20-7-21-22-15;/h2-7,22H,19H2,1H3,(H,20,21);1H3. The van der Waals surface area contributed by atoms with Crippen LogP contribution in [0.25, 0.3) is 11.1 Å². The van der Waals surface area contributed by atoms with Crippen LogP contribution in [0.3, 0.4) is 0 Å². The molecule has 1 heterocycles. The molecule has 11 heteroatoms. The topological polar surface area (TPSA) is 132 Å². The molecule has 0 amide bonds. The molecule has 0 fully saturated rings. The smallest absolute Gasteiger partial charge is 0.206 e. The van der Waals surface area contributed by atoms with Crippen LogP contribution in [0, 0.1) is 5.82 Å². The summed E-state index contributed by atoms with van der Waals surface area (Å²) in [5.41, 5.74) is 12.7. The third-order valence-electron chi connectivity index (χ3n) is 3.70. The number of nitrogens with two attached hydrogens (primary N) is 1. The predicted octanol–water partition coefficient (Wildman–Crippen LogP) is 2.57. The normalized spacial score (nSPS) is 19.1. The van der Waals surface area contributed by atoms with Crippen molar-refractivity contribution in [3.05, 3.63) is 51.8 Å². The zero-order valence-electron chi connectivity index (χ0n) is 13.6. The number of hydrogen-bond acceptors (Lipinski definition) is 7. The van der Waals surface area contributed by atoms with Crippen LogP contribution in [-0.2, 0) is 15.6 Å². The van der Waals surface area contributed by atoms with Crippen molar-refractivity contribution in [1.82, 2.24) is 17.0 Å². The monoisotopic (exact) mass is 419 g/mol. The van der Waals surface area contributed by atoms with Crippen molar-refractivity contribution in [1.29, 1.82) is 0 Å². The molecule has 0 bridgehead atoms. The largest absolute Gasteiger partial charge is 0.344 e. The van der Waals surface area contributed by atoms with E-state index in [1.165, 1.54) is 18.5 Å². The highest BCUT2D eigenvalue weighted by atomic mass is 35.5. The van der Waals surface area contributed by atoms with Gasteiger partial charge in [-0.25, -0.2) is 17.8 Å². The number of halogens is 3. The molecular formula is C15H16Cl2FN5O2S. The van der Waals surface area contributed by atoms with Crippen LogP contribution in [0.2, 0.25) is 10.0 Å². The molecule has 1 atom stereocenters. The molecule has 3 rings (SSSR count). The van der Waals surface area contributed by atoms with Gasteiger partial charge in [0.2, 0.25) is 5.79 Å². The summed E-state index contributed by atoms with van der Waals surface area (Å²) in [5.74, 6) is -2.10. The number of aliphatic imine (C=N–C) groups is 1. The minimum atomic E-state index is -3.67. The summed E-state index contributed by atoms with van der Waals surface area (Å²) in [6.07, 6.45) is 2.33. The average Bonchev–Trinajstić information content (AvgIpc) is 2.93. The molecule has 1 aliphatic heterocycles. The van der Waals surface area contributed by atoms with Crippen LogP contribution in [0.4, 0.5) is 4.39 Å². The van der Waals surface area contributed by atoms with E-state index in [0.717, 1.165) is 12.3 Å². The molecule has 0 saturated heterocycles. The van der Waals surface area contributed by atoms with E-state index < -0.39 is 26.3 Å². The molecule has 0 spiro atoms. The lowest BCUT2D eigenvalue weighted by atomic mass is 10.0. The molecule has 0 radical (unpaired) electrons. The van der Waals surface area contributed by atoms with Gasteiger partial charge < -0.3 is 11.6 Å². The Morgan fingerprint density at radius 1 is 1.19 bits per heavy atom. The minimum Gasteiger partial charge on any atom is -0.344 e. The second-order valence-corrected chi connectivity index (χ2v) is 8.32. The first kappa shape index (κ1) is 20.6. The Balaban J connectivity index is 0.00000243. The third-order valence-corrected chi connectivity index (χ3v) is 5.42. The zero-order chi connectivity index (χ0) is 18.4. The van der Waals surface area contributed by atoms with E-state index in [2.05, 4.69) is 15.8 Å². The number of hydrazine groups is 1. The van der Waals surface area contributed by atoms with E-state index in [1.807, 2.05) is 0 Å². The van der Waals surface area contributed by atoms with Gasteiger partial charge in [-0.2, -0.15) is 5.43 Å². The highest BCUT2D eigenvalue weighted by Crippen LogP contribution is 2.38. The van der Waals surface area contributed by atoms with Crippen molar-refractivity contribution in [2.45, 2.75) is 10.7 Å². The van der Waals surface area contributed by atoms with E-state index in [4.69, 9.17) is 28.9 Å². The van der Waals surface area contributed by atoms with Gasteiger partial charge in [-0.3, -0.25) is 5.73 Å². The van der Waals surface area contributed by atoms with E-state index in [9.17, 15) is 12.8 Å². The van der Waals surface area contributed by atoms with Gasteiger partial charge in [0.25, 0.3) is 0 Å². The maximum Gasteiger partial charge on any atom is 0.206 e. The molecule has 1 unspecified atom stereocenters. The fraction of sp³-hybridized carbons (Fsp3) is 0.133. The second kappa shape index (κ2) is 7.10. The maximum atomic E-state index is 14.2. The van der Waals surface area contributed by atoms with Gasteiger partial charge in [0, 0.05) is 17.4 Å². The molecule has 0 aliphatic carbocycles. The minimum absolute atomic E-state index is 0. The zero-order valence-corrected chi connectivity index (χ0v) is 15.9. The summed E-state index contributed by atoms with van der Waals surface area (Å²) in [4.78, 5) is 3.67. The van der Waals surface area contributed by atoms with E-state index >= 15 is 0 Å². The molecule has 7 N–H and O–H groups in total. The van der Waals surface area contributed by atoms with Gasteiger partial charge in [0.15, 0.2) is 9.84 Å². The number of rotatable bonds is 3. The van der Waals surface area contributed by atoms with Gasteiger partial charge in [-0.05, 0) is 29.8 Å². The van der Waals surface area contributed by atoms with Crippen molar-refractivity contribution >= 4 is 39.4 Å². The Morgan fingerprint density at radius 3 is 2.27 bits per heavy atom. The highest BCUT2D eigenvalue weighted by Gasteiger charge is 2.30. The Bertz CT molecular complexity index is 977. The summed E-state index contributed by atoms with van der Waals surface area (Å²) in [6, 6.07) is 6.82. The van der Waals surface area contributed by atoms with Crippen molar-refractivity contribution in [2.24, 2.45) is 10.7 Å². The SMILES string of the molecule is CS(=O)(=O)c1ccc(-c2c(Cl)cc(C3(N)N=CNN3)cc2Cl)cc1F.N. The lowest BCUT2D eigenvalue weighted by Crippen LogP contribution is -2.49. The lowest BCUT2D eigenvalue weighted by Gasteiger charge is -2.22. The fourth-order valence-electron chi connectivity index (χ4n) is 2.48. The highest BCUT2D eigenvalue weighted by molar-refractivity contribution is 7.90. The molecule has 26 heavy (non-hydrogen) atoms. The first-order valence-electron chi connectivity index (χ1n) is 6.96. The first-order valence-corrected chi connectivity index (χ1v) is 9.61. The Morgan fingerprint density at radius 2 is 1.81 bits per heavy atom. The van der Waals surface area contributed by atoms with Crippen molar-refractivity contribution < 1.29 is 12.8 Å². The van der Waals surface area contributed by atoms with E-state index in [-0.39, 0.29) is 16.2 Å². The van der Waals surface area contributed by atoms with Crippen LogP contribution in [-0.4, -0.2) is 21.0 Å². The molecule has 2 aromatic rings. The van der Waals surface area contributed by atoms with Crippen LogP contribution in [0.1, 0.15) is 5.56 Å². The number of benzene rings is 2. The van der Waals surface area contributed by atoms with Crippen LogP contribution < -0.4 is 22.7 Å². The first-order chi connectivity index (χ1) is 11.6. The average molecular weight is 420 g/mol. The maximum absolute atomic E-state index is 14.2. The van der Waals surface area contributed by atoms with Crippen LogP contribution in [0.5, 0.6) is 0 Å². The summed E-state index contributed by atoms with van der Waals surface area (Å²) in [7, 11) is -3.67. The van der Waals surface area contributed by atoms with Gasteiger partial charge >= 0.3 is 0 Å². The van der Waals surface area contributed by atoms with Gasteiger partial charge in [-0.1, -0.05) is 29.3 Å². The molecule has 2 aromatic carbocycles. The number of sulfone groups is 1. The lowest BCUT2D eigenvalue weighted by molar-refractivity contribution is 0.375. The number of nitrogens with zero attached hydrogens (tertiary/aromatic N) is 1. The van der Waals surface area contributed by atoms with Gasteiger partial charge in [0.05, 0.1) is 10.0 Å². The van der Waals surface area contributed by atoms with Crippen molar-refractivity contribution in [3.63, 3.8) is 0 Å². The number of hydrogen-bond donors (Lipinski definition) is 4. The predicted molar refractivity (Wildman–Crippen MR) is 101 cm³/mol. The van der Waals surface area contributed by atoms with Gasteiger partial charge in [-0.15, -0.1) is 0 Å². The summed E-state index contributed by atoms with van der Waals surface area (Å²) in [6.45, 7) is 0. The Hall–Kier alpha value is -1.75. The van der Waals surface area contributed by atoms with Crippen LogP contribution >= 0.6 is 23.2 Å². The molecule has 7 nitrogen and oxygen atoms in total.